The van der Waals surface area contributed by atoms with Crippen molar-refractivity contribution in [3.8, 4) is 11.5 Å². The number of carboxylic acid groups (broad SMARTS) is 1. The van der Waals surface area contributed by atoms with E-state index in [0.29, 0.717) is 18.9 Å². The minimum atomic E-state index is -0.818. The number of benzene rings is 1. The highest BCUT2D eigenvalue weighted by atomic mass is 16.4. The average molecular weight is 274 g/mol. The number of aliphatic carboxylic acids is 1. The van der Waals surface area contributed by atoms with E-state index in [0.717, 1.165) is 11.3 Å². The fraction of sp³-hybridized carbons (Fsp3) is 0.333. The van der Waals surface area contributed by atoms with Crippen LogP contribution in [-0.2, 0) is 11.3 Å². The molecule has 20 heavy (non-hydrogen) atoms. The highest BCUT2D eigenvalue weighted by Crippen LogP contribution is 2.19. The van der Waals surface area contributed by atoms with Crippen molar-refractivity contribution < 1.29 is 14.3 Å². The summed E-state index contributed by atoms with van der Waals surface area (Å²) in [5, 5.41) is 9.12. The van der Waals surface area contributed by atoms with Gasteiger partial charge >= 0.3 is 5.97 Å². The molecule has 0 aliphatic carbocycles. The number of likely N-dealkylation sites (N-methyl/N-ethyl adjacent to an activating group) is 1. The highest BCUT2D eigenvalue weighted by molar-refractivity contribution is 5.73. The molecule has 0 bridgehead atoms. The summed E-state index contributed by atoms with van der Waals surface area (Å²) >= 11 is 0. The first-order valence-corrected chi connectivity index (χ1v) is 6.54. The Morgan fingerprint density at radius 2 is 2.10 bits per heavy atom. The van der Waals surface area contributed by atoms with Crippen LogP contribution in [-0.4, -0.2) is 34.0 Å². The molecule has 0 saturated heterocycles. The van der Waals surface area contributed by atoms with Gasteiger partial charge in [0.05, 0.1) is 5.69 Å². The van der Waals surface area contributed by atoms with Crippen LogP contribution in [0.2, 0.25) is 0 Å². The topological polar surface area (TPSA) is 66.6 Å². The maximum absolute atomic E-state index is 11.1. The monoisotopic (exact) mass is 274 g/mol. The summed E-state index contributed by atoms with van der Waals surface area (Å²) in [6.07, 6.45) is 2.13. The summed E-state index contributed by atoms with van der Waals surface area (Å²) in [4.78, 5) is 17.3. The molecular formula is C15H18N2O3. The molecule has 0 aliphatic heterocycles. The zero-order chi connectivity index (χ0) is 14.5. The van der Waals surface area contributed by atoms with Gasteiger partial charge in [0.15, 0.2) is 0 Å². The molecule has 0 radical (unpaired) electrons. The SMILES string of the molecule is CCC(C(=O)O)N(C)Cc1coc(-c2ccccc2)n1. The standard InChI is InChI=1S/C15H18N2O3/c1-3-13(15(18)19)17(2)9-12-10-20-14(16-12)11-7-5-4-6-8-11/h4-8,10,13H,3,9H2,1-2H3,(H,18,19). The molecule has 0 amide bonds. The van der Waals surface area contributed by atoms with Gasteiger partial charge in [-0.05, 0) is 25.6 Å². The van der Waals surface area contributed by atoms with Gasteiger partial charge in [0.2, 0.25) is 5.89 Å². The Morgan fingerprint density at radius 1 is 1.40 bits per heavy atom. The van der Waals surface area contributed by atoms with Crippen molar-refractivity contribution in [1.82, 2.24) is 9.88 Å². The zero-order valence-electron chi connectivity index (χ0n) is 11.6. The quantitative estimate of drug-likeness (QED) is 0.877. The number of carbonyl (C=O) groups is 1. The second-order valence-electron chi connectivity index (χ2n) is 4.69. The predicted octanol–water partition coefficient (Wildman–Crippen LogP) is 2.64. The van der Waals surface area contributed by atoms with E-state index in [1.54, 1.807) is 18.2 Å². The first-order chi connectivity index (χ1) is 9.61. The summed E-state index contributed by atoms with van der Waals surface area (Å²) < 4.78 is 5.44. The fourth-order valence-electron chi connectivity index (χ4n) is 2.13. The lowest BCUT2D eigenvalue weighted by Crippen LogP contribution is -2.37. The van der Waals surface area contributed by atoms with Crippen molar-refractivity contribution in [1.29, 1.82) is 0 Å². The Kier molecular flexibility index (Phi) is 4.53. The van der Waals surface area contributed by atoms with Gasteiger partial charge in [0.1, 0.15) is 12.3 Å². The van der Waals surface area contributed by atoms with E-state index < -0.39 is 12.0 Å². The molecule has 5 heteroatoms. The van der Waals surface area contributed by atoms with Gasteiger partial charge in [0, 0.05) is 12.1 Å². The average Bonchev–Trinajstić information content (AvgIpc) is 2.88. The van der Waals surface area contributed by atoms with Crippen LogP contribution in [0, 0.1) is 0 Å². The van der Waals surface area contributed by atoms with Crippen molar-refractivity contribution in [2.24, 2.45) is 0 Å². The van der Waals surface area contributed by atoms with Crippen LogP contribution < -0.4 is 0 Å². The number of nitrogens with zero attached hydrogens (tertiary/aromatic N) is 2. The van der Waals surface area contributed by atoms with E-state index in [1.165, 1.54) is 0 Å². The third-order valence-electron chi connectivity index (χ3n) is 3.19. The first-order valence-electron chi connectivity index (χ1n) is 6.54. The van der Waals surface area contributed by atoms with Crippen molar-refractivity contribution in [3.63, 3.8) is 0 Å². The summed E-state index contributed by atoms with van der Waals surface area (Å²) in [6, 6.07) is 9.11. The molecule has 1 N–H and O–H groups in total. The van der Waals surface area contributed by atoms with Crippen molar-refractivity contribution in [2.75, 3.05) is 7.05 Å². The summed E-state index contributed by atoms with van der Waals surface area (Å²) in [6.45, 7) is 2.30. The van der Waals surface area contributed by atoms with E-state index >= 15 is 0 Å². The molecule has 5 nitrogen and oxygen atoms in total. The molecule has 0 spiro atoms. The second-order valence-corrected chi connectivity index (χ2v) is 4.69. The smallest absolute Gasteiger partial charge is 0.320 e. The second kappa shape index (κ2) is 6.34. The minimum absolute atomic E-state index is 0.446. The Bertz CT molecular complexity index is 566. The number of rotatable bonds is 6. The third kappa shape index (κ3) is 3.24. The van der Waals surface area contributed by atoms with Crippen LogP contribution in [0.15, 0.2) is 41.0 Å². The molecule has 0 aliphatic rings. The molecule has 2 aromatic rings. The van der Waals surface area contributed by atoms with E-state index in [1.807, 2.05) is 37.3 Å². The Balaban J connectivity index is 2.08. The number of oxazole rings is 1. The maximum atomic E-state index is 11.1. The molecule has 106 valence electrons. The van der Waals surface area contributed by atoms with Gasteiger partial charge in [-0.15, -0.1) is 0 Å². The molecule has 1 aromatic carbocycles. The van der Waals surface area contributed by atoms with Crippen LogP contribution in [0.4, 0.5) is 0 Å². The van der Waals surface area contributed by atoms with Gasteiger partial charge < -0.3 is 9.52 Å². The van der Waals surface area contributed by atoms with Crippen LogP contribution >= 0.6 is 0 Å². The van der Waals surface area contributed by atoms with E-state index in [2.05, 4.69) is 4.98 Å². The molecule has 0 saturated carbocycles. The lowest BCUT2D eigenvalue weighted by molar-refractivity contribution is -0.143. The number of hydrogen-bond donors (Lipinski definition) is 1. The molecule has 1 aromatic heterocycles. The zero-order valence-corrected chi connectivity index (χ0v) is 11.6. The lowest BCUT2D eigenvalue weighted by Gasteiger charge is -2.21. The van der Waals surface area contributed by atoms with E-state index in [-0.39, 0.29) is 0 Å². The highest BCUT2D eigenvalue weighted by Gasteiger charge is 2.21. The third-order valence-corrected chi connectivity index (χ3v) is 3.19. The summed E-state index contributed by atoms with van der Waals surface area (Å²) in [7, 11) is 1.78. The summed E-state index contributed by atoms with van der Waals surface area (Å²) in [5.74, 6) is -0.265. The lowest BCUT2D eigenvalue weighted by atomic mass is 10.2. The number of hydrogen-bond acceptors (Lipinski definition) is 4. The maximum Gasteiger partial charge on any atom is 0.320 e. The van der Waals surface area contributed by atoms with Gasteiger partial charge in [-0.3, -0.25) is 9.69 Å². The normalized spacial score (nSPS) is 12.6. The van der Waals surface area contributed by atoms with E-state index in [4.69, 9.17) is 9.52 Å². The van der Waals surface area contributed by atoms with Crippen LogP contribution in [0.1, 0.15) is 19.0 Å². The Hall–Kier alpha value is -2.14. The summed E-state index contributed by atoms with van der Waals surface area (Å²) in [5.41, 5.74) is 1.64. The molecular weight excluding hydrogens is 256 g/mol. The van der Waals surface area contributed by atoms with Crippen molar-refractivity contribution in [2.45, 2.75) is 25.9 Å². The molecule has 1 atom stereocenters. The fourth-order valence-corrected chi connectivity index (χ4v) is 2.13. The number of aromatic nitrogens is 1. The van der Waals surface area contributed by atoms with Crippen molar-refractivity contribution in [3.05, 3.63) is 42.3 Å². The van der Waals surface area contributed by atoms with Crippen LogP contribution in [0.5, 0.6) is 0 Å². The van der Waals surface area contributed by atoms with Gasteiger partial charge in [0.25, 0.3) is 0 Å². The van der Waals surface area contributed by atoms with Gasteiger partial charge in [-0.2, -0.15) is 0 Å². The largest absolute Gasteiger partial charge is 0.480 e. The molecule has 1 heterocycles. The van der Waals surface area contributed by atoms with Crippen molar-refractivity contribution >= 4 is 5.97 Å². The molecule has 1 unspecified atom stereocenters. The van der Waals surface area contributed by atoms with Crippen LogP contribution in [0.3, 0.4) is 0 Å². The molecule has 0 fully saturated rings. The molecule has 2 rings (SSSR count). The first kappa shape index (κ1) is 14.3. The Labute approximate surface area is 117 Å². The van der Waals surface area contributed by atoms with Crippen LogP contribution in [0.25, 0.3) is 11.5 Å². The Morgan fingerprint density at radius 3 is 2.70 bits per heavy atom. The minimum Gasteiger partial charge on any atom is -0.480 e. The van der Waals surface area contributed by atoms with Gasteiger partial charge in [-0.1, -0.05) is 25.1 Å². The van der Waals surface area contributed by atoms with Gasteiger partial charge in [-0.25, -0.2) is 4.98 Å². The number of carboxylic acids is 1. The van der Waals surface area contributed by atoms with E-state index in [9.17, 15) is 4.79 Å². The predicted molar refractivity (Wildman–Crippen MR) is 75.1 cm³/mol.